The zero-order valence-corrected chi connectivity index (χ0v) is 47.6. The number of allylic oxidation sites excluding steroid dienone is 2. The van der Waals surface area contributed by atoms with E-state index in [4.69, 9.17) is 14.2 Å². The Morgan fingerprint density at radius 2 is 0.471 bits per heavy atom. The summed E-state index contributed by atoms with van der Waals surface area (Å²) in [6.07, 6.45) is 69.3. The quantitative estimate of drug-likeness (QED) is 0.0261. The lowest BCUT2D eigenvalue weighted by atomic mass is 10.0. The average Bonchev–Trinajstić information content (AvgIpc) is 3.36. The van der Waals surface area contributed by atoms with Crippen molar-refractivity contribution in [2.45, 2.75) is 367 Å². The molecule has 1 atom stereocenters. The minimum Gasteiger partial charge on any atom is -0.462 e. The topological polar surface area (TPSA) is 78.9 Å². The Morgan fingerprint density at radius 3 is 0.714 bits per heavy atom. The van der Waals surface area contributed by atoms with E-state index in [0.29, 0.717) is 19.3 Å². The molecule has 6 heteroatoms. The molecule has 0 bridgehead atoms. The maximum absolute atomic E-state index is 12.9. The zero-order chi connectivity index (χ0) is 50.7. The van der Waals surface area contributed by atoms with Crippen molar-refractivity contribution in [3.05, 3.63) is 12.2 Å². The van der Waals surface area contributed by atoms with Crippen molar-refractivity contribution < 1.29 is 28.6 Å². The second-order valence-corrected chi connectivity index (χ2v) is 21.7. The van der Waals surface area contributed by atoms with Crippen LogP contribution in [0.4, 0.5) is 0 Å². The molecule has 0 fully saturated rings. The van der Waals surface area contributed by atoms with Gasteiger partial charge in [-0.25, -0.2) is 0 Å². The summed E-state index contributed by atoms with van der Waals surface area (Å²) < 4.78 is 16.9. The fourth-order valence-corrected chi connectivity index (χ4v) is 9.74. The van der Waals surface area contributed by atoms with Crippen LogP contribution in [0.5, 0.6) is 0 Å². The van der Waals surface area contributed by atoms with Gasteiger partial charge in [-0.3, -0.25) is 14.4 Å². The second kappa shape index (κ2) is 59.7. The highest BCUT2D eigenvalue weighted by atomic mass is 16.6. The lowest BCUT2D eigenvalue weighted by molar-refractivity contribution is -0.167. The van der Waals surface area contributed by atoms with E-state index >= 15 is 0 Å². The van der Waals surface area contributed by atoms with Crippen LogP contribution in [-0.2, 0) is 28.6 Å². The van der Waals surface area contributed by atoms with Gasteiger partial charge in [-0.05, 0) is 44.9 Å². The number of unbranched alkanes of at least 4 members (excludes halogenated alkanes) is 46. The highest BCUT2D eigenvalue weighted by Crippen LogP contribution is 2.18. The van der Waals surface area contributed by atoms with Gasteiger partial charge in [0.15, 0.2) is 6.10 Å². The van der Waals surface area contributed by atoms with E-state index in [9.17, 15) is 14.4 Å². The fourth-order valence-electron chi connectivity index (χ4n) is 9.74. The van der Waals surface area contributed by atoms with Crippen molar-refractivity contribution in [2.24, 2.45) is 0 Å². The van der Waals surface area contributed by atoms with Gasteiger partial charge >= 0.3 is 17.9 Å². The Hall–Kier alpha value is -1.85. The van der Waals surface area contributed by atoms with Crippen molar-refractivity contribution >= 4 is 17.9 Å². The summed E-state index contributed by atoms with van der Waals surface area (Å²) in [4.78, 5) is 38.2. The fraction of sp³-hybridized carbons (Fsp3) is 0.922. The van der Waals surface area contributed by atoms with Gasteiger partial charge < -0.3 is 14.2 Å². The summed E-state index contributed by atoms with van der Waals surface area (Å²) in [5, 5.41) is 0. The van der Waals surface area contributed by atoms with Crippen LogP contribution in [0.25, 0.3) is 0 Å². The van der Waals surface area contributed by atoms with E-state index in [-0.39, 0.29) is 31.1 Å². The van der Waals surface area contributed by atoms with Crippen LogP contribution in [-0.4, -0.2) is 37.2 Å². The molecule has 0 aliphatic carbocycles. The molecule has 0 aromatic rings. The van der Waals surface area contributed by atoms with Crippen LogP contribution in [0.2, 0.25) is 0 Å². The molecule has 0 aliphatic rings. The van der Waals surface area contributed by atoms with E-state index in [0.717, 1.165) is 57.8 Å². The van der Waals surface area contributed by atoms with Gasteiger partial charge in [0.2, 0.25) is 0 Å². The van der Waals surface area contributed by atoms with Crippen molar-refractivity contribution in [3.8, 4) is 0 Å². The third-order valence-electron chi connectivity index (χ3n) is 14.5. The van der Waals surface area contributed by atoms with Gasteiger partial charge in [-0.1, -0.05) is 309 Å². The number of carbonyl (C=O) groups excluding carboxylic acids is 3. The summed E-state index contributed by atoms with van der Waals surface area (Å²) in [5.41, 5.74) is 0. The summed E-state index contributed by atoms with van der Waals surface area (Å²) in [6, 6.07) is 0. The molecule has 0 aromatic heterocycles. The van der Waals surface area contributed by atoms with Crippen LogP contribution < -0.4 is 0 Å². The zero-order valence-electron chi connectivity index (χ0n) is 47.6. The molecule has 6 nitrogen and oxygen atoms in total. The number of ether oxygens (including phenoxy) is 3. The molecular weight excluding hydrogens is 865 g/mol. The third-order valence-corrected chi connectivity index (χ3v) is 14.5. The monoisotopic (exact) mass is 987 g/mol. The Balaban J connectivity index is 4.24. The number of esters is 3. The van der Waals surface area contributed by atoms with Gasteiger partial charge in [-0.2, -0.15) is 0 Å². The maximum Gasteiger partial charge on any atom is 0.306 e. The largest absolute Gasteiger partial charge is 0.462 e. The smallest absolute Gasteiger partial charge is 0.306 e. The SMILES string of the molecule is CCCCCCCCCC/C=C\CCCCCCCCCCCCCC(=O)OCC(COC(=O)CCCCCCCCCCCCCCC)OC(=O)CCCCCCCCCCCCCCCCCC. The van der Waals surface area contributed by atoms with E-state index in [1.54, 1.807) is 0 Å². The van der Waals surface area contributed by atoms with E-state index in [2.05, 4.69) is 32.9 Å². The van der Waals surface area contributed by atoms with E-state index in [1.165, 1.54) is 263 Å². The molecule has 0 rings (SSSR count). The first kappa shape index (κ1) is 68.2. The summed E-state index contributed by atoms with van der Waals surface area (Å²) >= 11 is 0. The molecule has 0 saturated carbocycles. The summed E-state index contributed by atoms with van der Waals surface area (Å²) in [7, 11) is 0. The molecular formula is C64H122O6. The maximum atomic E-state index is 12.9. The van der Waals surface area contributed by atoms with Crippen molar-refractivity contribution in [2.75, 3.05) is 13.2 Å². The summed E-state index contributed by atoms with van der Waals surface area (Å²) in [5.74, 6) is -0.835. The van der Waals surface area contributed by atoms with Crippen molar-refractivity contribution in [3.63, 3.8) is 0 Å². The van der Waals surface area contributed by atoms with Crippen molar-refractivity contribution in [1.29, 1.82) is 0 Å². The molecule has 0 N–H and O–H groups in total. The van der Waals surface area contributed by atoms with Crippen molar-refractivity contribution in [1.82, 2.24) is 0 Å². The second-order valence-electron chi connectivity index (χ2n) is 21.7. The first-order valence-electron chi connectivity index (χ1n) is 31.7. The standard InChI is InChI=1S/C64H122O6/c1-4-7-10-13-16-19-22-25-27-29-30-31-32-33-34-35-37-39-42-45-48-51-54-57-63(66)69-60-61(59-68-62(65)56-53-50-47-44-41-38-24-21-18-15-12-9-6-3)70-64(67)58-55-52-49-46-43-40-36-28-26-23-20-17-14-11-8-5-2/h29-30,61H,4-28,31-60H2,1-3H3/b30-29-. The van der Waals surface area contributed by atoms with Gasteiger partial charge in [-0.15, -0.1) is 0 Å². The Kier molecular flexibility index (Phi) is 58.1. The molecule has 0 spiro atoms. The number of hydrogen-bond acceptors (Lipinski definition) is 6. The highest BCUT2D eigenvalue weighted by molar-refractivity contribution is 5.71. The van der Waals surface area contributed by atoms with Gasteiger partial charge in [0.1, 0.15) is 13.2 Å². The molecule has 0 radical (unpaired) electrons. The Morgan fingerprint density at radius 1 is 0.271 bits per heavy atom. The number of hydrogen-bond donors (Lipinski definition) is 0. The normalized spacial score (nSPS) is 12.0. The number of rotatable bonds is 59. The van der Waals surface area contributed by atoms with Gasteiger partial charge in [0.25, 0.3) is 0 Å². The predicted octanol–water partition coefficient (Wildman–Crippen LogP) is 21.3. The summed E-state index contributed by atoms with van der Waals surface area (Å²) in [6.45, 7) is 6.71. The third kappa shape index (κ3) is 57.1. The van der Waals surface area contributed by atoms with Gasteiger partial charge in [0.05, 0.1) is 0 Å². The Labute approximate surface area is 437 Å². The van der Waals surface area contributed by atoms with E-state index in [1.807, 2.05) is 0 Å². The minimum absolute atomic E-state index is 0.0635. The molecule has 414 valence electrons. The molecule has 0 heterocycles. The van der Waals surface area contributed by atoms with Crippen LogP contribution >= 0.6 is 0 Å². The van der Waals surface area contributed by atoms with Crippen LogP contribution in [0.1, 0.15) is 361 Å². The van der Waals surface area contributed by atoms with Crippen LogP contribution in [0.3, 0.4) is 0 Å². The van der Waals surface area contributed by atoms with Gasteiger partial charge in [0, 0.05) is 19.3 Å². The molecule has 1 unspecified atom stereocenters. The van der Waals surface area contributed by atoms with Crippen LogP contribution in [0.15, 0.2) is 12.2 Å². The van der Waals surface area contributed by atoms with Crippen LogP contribution in [0, 0.1) is 0 Å². The Bertz CT molecular complexity index is 1090. The first-order valence-corrected chi connectivity index (χ1v) is 31.7. The predicted molar refractivity (Wildman–Crippen MR) is 303 cm³/mol. The van der Waals surface area contributed by atoms with E-state index < -0.39 is 6.10 Å². The molecule has 0 amide bonds. The molecule has 70 heavy (non-hydrogen) atoms. The average molecular weight is 988 g/mol. The highest BCUT2D eigenvalue weighted by Gasteiger charge is 2.19. The number of carbonyl (C=O) groups is 3. The lowest BCUT2D eigenvalue weighted by Crippen LogP contribution is -2.30. The first-order chi connectivity index (χ1) is 34.5. The lowest BCUT2D eigenvalue weighted by Gasteiger charge is -2.18. The minimum atomic E-state index is -0.765. The molecule has 0 aromatic carbocycles. The molecule has 0 saturated heterocycles. The molecule has 0 aliphatic heterocycles.